The van der Waals surface area contributed by atoms with Crippen LogP contribution in [0.4, 0.5) is 5.69 Å². The number of anilines is 1. The molecule has 1 aromatic carbocycles. The van der Waals surface area contributed by atoms with Gasteiger partial charge in [-0.05, 0) is 55.8 Å². The molecule has 110 valence electrons. The first-order valence-corrected chi connectivity index (χ1v) is 8.44. The van der Waals surface area contributed by atoms with Crippen LogP contribution in [0.25, 0.3) is 0 Å². The zero-order chi connectivity index (χ0) is 13.8. The molecule has 2 aliphatic heterocycles. The Morgan fingerprint density at radius 1 is 1.25 bits per heavy atom. The van der Waals surface area contributed by atoms with E-state index in [4.69, 9.17) is 0 Å². The standard InChI is InChI=1S/C18H28N2/c1-2-5-15-6-4-12-20(13-10-15)14-17-8-3-7-16-9-11-19-18(16)17/h3,7-8,15,19H,2,4-6,9-14H2,1H3. The van der Waals surface area contributed by atoms with Crippen molar-refractivity contribution in [3.05, 3.63) is 29.3 Å². The van der Waals surface area contributed by atoms with Crippen molar-refractivity contribution in [1.82, 2.24) is 4.90 Å². The number of benzene rings is 1. The number of hydrogen-bond acceptors (Lipinski definition) is 2. The van der Waals surface area contributed by atoms with E-state index in [0.717, 1.165) is 19.0 Å². The van der Waals surface area contributed by atoms with E-state index in [2.05, 4.69) is 35.3 Å². The third-order valence-electron chi connectivity index (χ3n) is 4.96. The van der Waals surface area contributed by atoms with E-state index in [9.17, 15) is 0 Å². The molecule has 1 saturated heterocycles. The monoisotopic (exact) mass is 272 g/mol. The zero-order valence-corrected chi connectivity index (χ0v) is 12.8. The lowest BCUT2D eigenvalue weighted by Gasteiger charge is -2.22. The van der Waals surface area contributed by atoms with Gasteiger partial charge in [0, 0.05) is 18.8 Å². The minimum atomic E-state index is 0.976. The molecule has 1 unspecified atom stereocenters. The molecule has 2 aliphatic rings. The Labute approximate surface area is 123 Å². The van der Waals surface area contributed by atoms with Crippen LogP contribution in [0.15, 0.2) is 18.2 Å². The van der Waals surface area contributed by atoms with Crippen molar-refractivity contribution in [2.45, 2.75) is 52.0 Å². The molecule has 1 fully saturated rings. The van der Waals surface area contributed by atoms with Crippen LogP contribution in [-0.4, -0.2) is 24.5 Å². The van der Waals surface area contributed by atoms with Crippen molar-refractivity contribution in [3.63, 3.8) is 0 Å². The van der Waals surface area contributed by atoms with Gasteiger partial charge in [0.1, 0.15) is 0 Å². The second-order valence-corrected chi connectivity index (χ2v) is 6.49. The summed E-state index contributed by atoms with van der Waals surface area (Å²) >= 11 is 0. The van der Waals surface area contributed by atoms with E-state index >= 15 is 0 Å². The highest BCUT2D eigenvalue weighted by molar-refractivity contribution is 5.61. The number of rotatable bonds is 4. The predicted molar refractivity (Wildman–Crippen MR) is 86.2 cm³/mol. The van der Waals surface area contributed by atoms with Gasteiger partial charge in [0.05, 0.1) is 0 Å². The molecular weight excluding hydrogens is 244 g/mol. The van der Waals surface area contributed by atoms with E-state index < -0.39 is 0 Å². The lowest BCUT2D eigenvalue weighted by molar-refractivity contribution is 0.271. The van der Waals surface area contributed by atoms with Gasteiger partial charge in [0.25, 0.3) is 0 Å². The summed E-state index contributed by atoms with van der Waals surface area (Å²) in [4.78, 5) is 2.67. The summed E-state index contributed by atoms with van der Waals surface area (Å²) in [6.45, 7) is 7.14. The minimum Gasteiger partial charge on any atom is -0.384 e. The quantitative estimate of drug-likeness (QED) is 0.889. The van der Waals surface area contributed by atoms with E-state index in [1.54, 1.807) is 0 Å². The van der Waals surface area contributed by atoms with Crippen molar-refractivity contribution in [3.8, 4) is 0 Å². The highest BCUT2D eigenvalue weighted by Crippen LogP contribution is 2.29. The fourth-order valence-electron chi connectivity index (χ4n) is 3.86. The lowest BCUT2D eigenvalue weighted by Crippen LogP contribution is -2.24. The van der Waals surface area contributed by atoms with Crippen molar-refractivity contribution in [1.29, 1.82) is 0 Å². The maximum absolute atomic E-state index is 3.58. The Bertz CT molecular complexity index is 441. The maximum atomic E-state index is 3.58. The summed E-state index contributed by atoms with van der Waals surface area (Å²) in [5, 5.41) is 3.58. The van der Waals surface area contributed by atoms with E-state index in [0.29, 0.717) is 0 Å². The highest BCUT2D eigenvalue weighted by atomic mass is 15.1. The van der Waals surface area contributed by atoms with Crippen molar-refractivity contribution >= 4 is 5.69 Å². The van der Waals surface area contributed by atoms with Gasteiger partial charge in [0.15, 0.2) is 0 Å². The Hall–Kier alpha value is -1.02. The molecule has 3 rings (SSSR count). The van der Waals surface area contributed by atoms with Gasteiger partial charge in [-0.25, -0.2) is 0 Å². The van der Waals surface area contributed by atoms with Crippen molar-refractivity contribution < 1.29 is 0 Å². The molecule has 0 radical (unpaired) electrons. The van der Waals surface area contributed by atoms with Gasteiger partial charge < -0.3 is 5.32 Å². The number of hydrogen-bond donors (Lipinski definition) is 1. The molecule has 1 N–H and O–H groups in total. The molecule has 2 heterocycles. The van der Waals surface area contributed by atoms with Crippen molar-refractivity contribution in [2.75, 3.05) is 25.0 Å². The molecule has 1 aromatic rings. The molecule has 2 nitrogen and oxygen atoms in total. The molecule has 0 aliphatic carbocycles. The van der Waals surface area contributed by atoms with Crippen LogP contribution >= 0.6 is 0 Å². The summed E-state index contributed by atoms with van der Waals surface area (Å²) in [5.41, 5.74) is 4.46. The van der Waals surface area contributed by atoms with Gasteiger partial charge in [-0.2, -0.15) is 0 Å². The molecule has 0 spiro atoms. The number of likely N-dealkylation sites (tertiary alicyclic amines) is 1. The summed E-state index contributed by atoms with van der Waals surface area (Å²) in [5.74, 6) is 0.976. The molecule has 20 heavy (non-hydrogen) atoms. The normalized spacial score (nSPS) is 23.1. The van der Waals surface area contributed by atoms with Crippen LogP contribution in [-0.2, 0) is 13.0 Å². The van der Waals surface area contributed by atoms with Gasteiger partial charge in [-0.1, -0.05) is 38.0 Å². The first kappa shape index (κ1) is 13.9. The number of nitrogens with one attached hydrogen (secondary N) is 1. The zero-order valence-electron chi connectivity index (χ0n) is 12.8. The Morgan fingerprint density at radius 3 is 3.10 bits per heavy atom. The summed E-state index contributed by atoms with van der Waals surface area (Å²) in [6.07, 6.45) is 8.19. The van der Waals surface area contributed by atoms with E-state index in [-0.39, 0.29) is 0 Å². The molecule has 2 heteroatoms. The topological polar surface area (TPSA) is 15.3 Å². The summed E-state index contributed by atoms with van der Waals surface area (Å²) in [7, 11) is 0. The van der Waals surface area contributed by atoms with Crippen LogP contribution < -0.4 is 5.32 Å². The number of nitrogens with zero attached hydrogens (tertiary/aromatic N) is 1. The maximum Gasteiger partial charge on any atom is 0.0419 e. The van der Waals surface area contributed by atoms with Gasteiger partial charge in [-0.3, -0.25) is 4.90 Å². The third kappa shape index (κ3) is 3.17. The molecule has 0 aromatic heterocycles. The van der Waals surface area contributed by atoms with E-state index in [1.807, 2.05) is 0 Å². The smallest absolute Gasteiger partial charge is 0.0419 e. The Morgan fingerprint density at radius 2 is 2.20 bits per heavy atom. The molecule has 0 saturated carbocycles. The fourth-order valence-corrected chi connectivity index (χ4v) is 3.86. The second kappa shape index (κ2) is 6.62. The summed E-state index contributed by atoms with van der Waals surface area (Å²) < 4.78 is 0. The molecule has 1 atom stereocenters. The number of para-hydroxylation sites is 1. The average Bonchev–Trinajstić information content (AvgIpc) is 2.83. The Balaban J connectivity index is 1.62. The largest absolute Gasteiger partial charge is 0.384 e. The third-order valence-corrected chi connectivity index (χ3v) is 4.96. The fraction of sp³-hybridized carbons (Fsp3) is 0.667. The van der Waals surface area contributed by atoms with Gasteiger partial charge >= 0.3 is 0 Å². The van der Waals surface area contributed by atoms with Crippen LogP contribution in [0.3, 0.4) is 0 Å². The predicted octanol–water partition coefficient (Wildman–Crippen LogP) is 4.06. The Kier molecular flexibility index (Phi) is 4.62. The van der Waals surface area contributed by atoms with Crippen LogP contribution in [0, 0.1) is 5.92 Å². The molecule has 0 amide bonds. The summed E-state index contributed by atoms with van der Waals surface area (Å²) in [6, 6.07) is 6.82. The SMILES string of the molecule is CCCC1CCCN(Cc2cccc3c2NCC3)CC1. The van der Waals surface area contributed by atoms with Crippen LogP contribution in [0.1, 0.15) is 50.2 Å². The first-order chi connectivity index (χ1) is 9.86. The van der Waals surface area contributed by atoms with Gasteiger partial charge in [0.2, 0.25) is 0 Å². The molecular formula is C18H28N2. The van der Waals surface area contributed by atoms with Crippen molar-refractivity contribution in [2.24, 2.45) is 5.92 Å². The van der Waals surface area contributed by atoms with E-state index in [1.165, 1.54) is 68.4 Å². The van der Waals surface area contributed by atoms with Crippen LogP contribution in [0.2, 0.25) is 0 Å². The lowest BCUT2D eigenvalue weighted by atomic mass is 9.96. The average molecular weight is 272 g/mol. The highest BCUT2D eigenvalue weighted by Gasteiger charge is 2.19. The van der Waals surface area contributed by atoms with Crippen LogP contribution in [0.5, 0.6) is 0 Å². The minimum absolute atomic E-state index is 0.976. The molecule has 0 bridgehead atoms. The van der Waals surface area contributed by atoms with Gasteiger partial charge in [-0.15, -0.1) is 0 Å². The first-order valence-electron chi connectivity index (χ1n) is 8.44. The second-order valence-electron chi connectivity index (χ2n) is 6.49. The number of fused-ring (bicyclic) bond motifs is 1.